The Morgan fingerprint density at radius 2 is 1.80 bits per heavy atom. The normalized spacial score (nSPS) is 18.7. The zero-order valence-corrected chi connectivity index (χ0v) is 34.6. The van der Waals surface area contributed by atoms with Gasteiger partial charge < -0.3 is 49.5 Å². The van der Waals surface area contributed by atoms with E-state index < -0.39 is 18.1 Å². The standard InChI is InChI=1S/C50H52N3O8/c1-3-37-29-41-35-12-7-11-33(27-35)28-36(14-17-38-31-53(23-22-51-38)50(41)52-37)44-46-45(42(57)30-43(61-46)34-15-19-39(55)20-16-34)48(49(58-2)47(44)59-25-8-24-54)60-26-21-40(56)18-13-32-9-5-4-6-10-32/h4-7,9-13,15-16,18-20,27,29,36,38,40,43,51,54-56H,3,8,21-26,28,30-31H2,1-2H3/q-1/p+1. The van der Waals surface area contributed by atoms with Crippen molar-refractivity contribution in [1.82, 2.24) is 10.3 Å². The first-order valence-electron chi connectivity index (χ1n) is 21.1. The summed E-state index contributed by atoms with van der Waals surface area (Å²) in [6.45, 7) is 4.43. The highest BCUT2D eigenvalue weighted by Gasteiger charge is 2.43. The molecule has 1 fully saturated rings. The lowest BCUT2D eigenvalue weighted by molar-refractivity contribution is 0.170. The molecule has 5 N–H and O–H groups in total. The fourth-order valence-corrected chi connectivity index (χ4v) is 8.25. The number of piperazine rings is 1. The lowest BCUT2D eigenvalue weighted by atomic mass is 9.85. The van der Waals surface area contributed by atoms with Crippen LogP contribution in [0.15, 0.2) is 91.0 Å². The van der Waals surface area contributed by atoms with E-state index in [4.69, 9.17) is 23.9 Å². The Labute approximate surface area is 356 Å². The highest BCUT2D eigenvalue weighted by Crippen LogP contribution is 2.55. The molecule has 0 spiro atoms. The van der Waals surface area contributed by atoms with Gasteiger partial charge in [-0.3, -0.25) is 4.79 Å². The monoisotopic (exact) mass is 823 g/mol. The van der Waals surface area contributed by atoms with E-state index >= 15 is 0 Å². The van der Waals surface area contributed by atoms with Crippen molar-refractivity contribution in [2.24, 2.45) is 0 Å². The Hall–Kier alpha value is -6.19. The number of benzene rings is 4. The minimum atomic E-state index is -0.811. The average Bonchev–Trinajstić information content (AvgIpc) is 3.73. The van der Waals surface area contributed by atoms with Crippen LogP contribution in [0.5, 0.6) is 28.7 Å². The summed E-state index contributed by atoms with van der Waals surface area (Å²) in [5.41, 5.74) is 6.88. The molecule has 11 nitrogen and oxygen atoms in total. The number of fused-ring (bicyclic) bond motifs is 8. The van der Waals surface area contributed by atoms with Crippen molar-refractivity contribution in [2.75, 3.05) is 51.5 Å². The largest absolute Gasteiger partial charge is 0.508 e. The molecular weight excluding hydrogens is 771 g/mol. The van der Waals surface area contributed by atoms with Crippen molar-refractivity contribution in [3.63, 3.8) is 0 Å². The molecule has 1 aromatic heterocycles. The van der Waals surface area contributed by atoms with E-state index in [1.54, 1.807) is 30.3 Å². The summed E-state index contributed by atoms with van der Waals surface area (Å²) in [6.07, 6.45) is 4.15. The third-order valence-corrected chi connectivity index (χ3v) is 11.4. The van der Waals surface area contributed by atoms with Crippen LogP contribution in [0.25, 0.3) is 17.2 Å². The fourth-order valence-electron chi connectivity index (χ4n) is 8.25. The Morgan fingerprint density at radius 3 is 2.59 bits per heavy atom. The maximum Gasteiger partial charge on any atom is 0.335 e. The van der Waals surface area contributed by atoms with Gasteiger partial charge in [0.1, 0.15) is 24.0 Å². The Kier molecular flexibility index (Phi) is 13.0. The van der Waals surface area contributed by atoms with Crippen LogP contribution in [0.2, 0.25) is 0 Å². The Bertz CT molecular complexity index is 2420. The number of aryl methyl sites for hydroxylation is 1. The molecule has 3 aliphatic rings. The minimum absolute atomic E-state index is 0.0240. The zero-order valence-electron chi connectivity index (χ0n) is 34.6. The quantitative estimate of drug-likeness (QED) is 0.0540. The van der Waals surface area contributed by atoms with Crippen molar-refractivity contribution in [3.8, 4) is 51.7 Å². The molecule has 316 valence electrons. The number of carbonyl (C=O) groups excluding carboxylic acids is 1. The third kappa shape index (κ3) is 9.27. The van der Waals surface area contributed by atoms with Gasteiger partial charge in [0, 0.05) is 19.4 Å². The van der Waals surface area contributed by atoms with Gasteiger partial charge in [0.15, 0.2) is 17.1 Å². The van der Waals surface area contributed by atoms with Gasteiger partial charge >= 0.3 is 5.78 Å². The van der Waals surface area contributed by atoms with Crippen LogP contribution < -0.4 is 34.1 Å². The number of nitrogens with zero attached hydrogens (tertiary/aromatic N) is 2. The Balaban J connectivity index is 1.27. The van der Waals surface area contributed by atoms with Gasteiger partial charge in [-0.25, -0.2) is 0 Å². The van der Waals surface area contributed by atoms with Crippen LogP contribution >= 0.6 is 0 Å². The molecule has 0 radical (unpaired) electrons. The first-order valence-corrected chi connectivity index (χ1v) is 21.1. The van der Waals surface area contributed by atoms with Gasteiger partial charge in [-0.1, -0.05) is 115 Å². The molecule has 4 bridgehead atoms. The maximum absolute atomic E-state index is 12.2. The molecule has 8 rings (SSSR count). The van der Waals surface area contributed by atoms with Gasteiger partial charge in [-0.2, -0.15) is 0 Å². The van der Waals surface area contributed by atoms with E-state index in [2.05, 4.69) is 59.3 Å². The summed E-state index contributed by atoms with van der Waals surface area (Å²) in [7, 11) is 1.53. The topological polar surface area (TPSA) is 148 Å². The van der Waals surface area contributed by atoms with E-state index in [0.717, 1.165) is 58.8 Å². The molecule has 0 aliphatic carbocycles. The summed E-state index contributed by atoms with van der Waals surface area (Å²) in [5, 5.41) is 34.6. The van der Waals surface area contributed by atoms with E-state index in [1.807, 2.05) is 36.4 Å². The number of methoxy groups -OCH3 is 1. The first-order chi connectivity index (χ1) is 29.8. The lowest BCUT2D eigenvalue weighted by Gasteiger charge is -2.40. The summed E-state index contributed by atoms with van der Waals surface area (Å²) in [6, 6.07) is 27.0. The first kappa shape index (κ1) is 41.5. The number of anilines is 1. The number of hydrogen-bond acceptors (Lipinski definition) is 9. The van der Waals surface area contributed by atoms with Crippen molar-refractivity contribution in [1.29, 1.82) is 0 Å². The molecule has 4 heterocycles. The number of nitrogens with one attached hydrogen (secondary N) is 1. The van der Waals surface area contributed by atoms with Gasteiger partial charge in [0.05, 0.1) is 44.0 Å². The smallest absolute Gasteiger partial charge is 0.335 e. The minimum Gasteiger partial charge on any atom is -0.508 e. The van der Waals surface area contributed by atoms with Gasteiger partial charge in [-0.05, 0) is 72.4 Å². The SMILES string of the molecule is CCc1cc2c([n-]1)N1CCNC(C#CC(c3c(OCCCO)c(OC)c(OCCC(O)C=Cc4ccccc4)c4c3OC(c3ccc(O)cc3)CC4=[OH+])Cc3cccc-2c3)C1. The number of aliphatic hydroxyl groups excluding tert-OH is 2. The predicted octanol–water partition coefficient (Wildman–Crippen LogP) is 6.73. The highest BCUT2D eigenvalue weighted by molar-refractivity contribution is 6.05. The number of phenols is 1. The third-order valence-electron chi connectivity index (χ3n) is 11.4. The van der Waals surface area contributed by atoms with E-state index in [1.165, 1.54) is 7.11 Å². The van der Waals surface area contributed by atoms with Gasteiger partial charge in [-0.15, -0.1) is 0 Å². The predicted molar refractivity (Wildman–Crippen MR) is 237 cm³/mol. The van der Waals surface area contributed by atoms with Crippen LogP contribution in [-0.2, 0) is 12.8 Å². The van der Waals surface area contributed by atoms with Crippen molar-refractivity contribution >= 4 is 17.7 Å². The Morgan fingerprint density at radius 1 is 0.984 bits per heavy atom. The van der Waals surface area contributed by atoms with Crippen LogP contribution in [0.3, 0.4) is 0 Å². The number of hydrogen-bond donors (Lipinski definition) is 4. The van der Waals surface area contributed by atoms with Crippen LogP contribution in [-0.4, -0.2) is 84.6 Å². The maximum atomic E-state index is 12.2. The van der Waals surface area contributed by atoms with Crippen molar-refractivity contribution in [3.05, 3.63) is 125 Å². The molecule has 4 aromatic carbocycles. The number of aliphatic hydroxyl groups is 2. The molecule has 3 aliphatic heterocycles. The molecule has 4 atom stereocenters. The number of rotatable bonds is 14. The number of ketones is 1. The summed E-state index contributed by atoms with van der Waals surface area (Å²) in [5.74, 6) is 8.96. The van der Waals surface area contributed by atoms with Gasteiger partial charge in [0.2, 0.25) is 5.75 Å². The molecule has 0 saturated carbocycles. The lowest BCUT2D eigenvalue weighted by Crippen LogP contribution is -2.50. The van der Waals surface area contributed by atoms with Crippen molar-refractivity contribution in [2.45, 2.75) is 63.2 Å². The second-order valence-corrected chi connectivity index (χ2v) is 15.6. The van der Waals surface area contributed by atoms with E-state index in [9.17, 15) is 20.1 Å². The van der Waals surface area contributed by atoms with Gasteiger partial charge in [0.25, 0.3) is 0 Å². The molecule has 61 heavy (non-hydrogen) atoms. The summed E-state index contributed by atoms with van der Waals surface area (Å²) < 4.78 is 26.3. The number of ether oxygens (including phenoxy) is 4. The molecular formula is C50H53N3O8. The number of aromatic nitrogens is 1. The molecule has 0 amide bonds. The van der Waals surface area contributed by atoms with Crippen LogP contribution in [0.4, 0.5) is 5.82 Å². The van der Waals surface area contributed by atoms with Crippen LogP contribution in [0, 0.1) is 11.8 Å². The second-order valence-electron chi connectivity index (χ2n) is 15.6. The van der Waals surface area contributed by atoms with E-state index in [-0.39, 0.29) is 61.7 Å². The number of aromatic hydroxyl groups is 1. The molecule has 4 unspecified atom stereocenters. The van der Waals surface area contributed by atoms with E-state index in [0.29, 0.717) is 42.0 Å². The molecule has 5 aromatic rings. The fraction of sp³-hybridized carbons (Fsp3) is 0.340. The molecule has 11 heteroatoms. The van der Waals surface area contributed by atoms with Crippen LogP contribution in [0.1, 0.15) is 71.7 Å². The average molecular weight is 824 g/mol. The second kappa shape index (κ2) is 19.0. The number of phenolic OH excluding ortho intramolecular Hbond substituents is 1. The zero-order chi connectivity index (χ0) is 42.3. The summed E-state index contributed by atoms with van der Waals surface area (Å²) >= 11 is 0. The summed E-state index contributed by atoms with van der Waals surface area (Å²) in [4.78, 5) is 19.5. The molecule has 1 saturated heterocycles. The van der Waals surface area contributed by atoms with Crippen molar-refractivity contribution < 1.29 is 39.1 Å². The highest BCUT2D eigenvalue weighted by atomic mass is 16.5.